The summed E-state index contributed by atoms with van der Waals surface area (Å²) >= 11 is 12.2. The zero-order chi connectivity index (χ0) is 17.8. The van der Waals surface area contributed by atoms with E-state index in [0.717, 1.165) is 37.7 Å². The van der Waals surface area contributed by atoms with Gasteiger partial charge in [-0.3, -0.25) is 0 Å². The van der Waals surface area contributed by atoms with E-state index in [1.165, 1.54) is 0 Å². The number of anilines is 2. The third kappa shape index (κ3) is 4.50. The summed E-state index contributed by atoms with van der Waals surface area (Å²) in [6.45, 7) is 7.55. The Kier molecular flexibility index (Phi) is 5.56. The molecule has 2 aromatic rings. The topological polar surface area (TPSA) is 40.6 Å². The first-order valence-corrected chi connectivity index (χ1v) is 8.74. The summed E-state index contributed by atoms with van der Waals surface area (Å²) in [4.78, 5) is 8.81. The van der Waals surface area contributed by atoms with Crippen LogP contribution < -0.4 is 15.0 Å². The summed E-state index contributed by atoms with van der Waals surface area (Å²) in [7, 11) is 1.60. The second kappa shape index (κ2) is 7.85. The highest BCUT2D eigenvalue weighted by Crippen LogP contribution is 2.26. The molecule has 1 aromatic carbocycles. The van der Waals surface area contributed by atoms with E-state index in [1.54, 1.807) is 13.2 Å². The number of nitrogens with zero attached hydrogens (tertiary/aromatic N) is 3. The van der Waals surface area contributed by atoms with Crippen molar-refractivity contribution in [2.75, 3.05) is 43.5 Å². The number of hydrogen-bond acceptors (Lipinski definition) is 5. The van der Waals surface area contributed by atoms with E-state index in [9.17, 15) is 0 Å². The molecule has 2 heterocycles. The Morgan fingerprint density at radius 1 is 1.12 bits per heavy atom. The molecule has 25 heavy (non-hydrogen) atoms. The number of rotatable bonds is 5. The van der Waals surface area contributed by atoms with Crippen LogP contribution in [-0.4, -0.2) is 43.2 Å². The van der Waals surface area contributed by atoms with Crippen molar-refractivity contribution in [2.24, 2.45) is 0 Å². The number of hydrogen-bond donors (Lipinski definition) is 1. The fourth-order valence-electron chi connectivity index (χ4n) is 2.78. The molecule has 0 atom stereocenters. The van der Waals surface area contributed by atoms with Gasteiger partial charge in [0.25, 0.3) is 0 Å². The Morgan fingerprint density at radius 3 is 2.44 bits per heavy atom. The predicted molar refractivity (Wildman–Crippen MR) is 104 cm³/mol. The lowest BCUT2D eigenvalue weighted by molar-refractivity contribution is 0.325. The fraction of sp³-hybridized carbons (Fsp3) is 0.278. The van der Waals surface area contributed by atoms with E-state index in [-0.39, 0.29) is 0 Å². The van der Waals surface area contributed by atoms with Crippen molar-refractivity contribution >= 4 is 34.7 Å². The molecule has 1 aliphatic rings. The van der Waals surface area contributed by atoms with Gasteiger partial charge in [0.05, 0.1) is 12.9 Å². The molecule has 1 fully saturated rings. The van der Waals surface area contributed by atoms with Gasteiger partial charge in [-0.1, -0.05) is 35.8 Å². The summed E-state index contributed by atoms with van der Waals surface area (Å²) in [5.41, 5.74) is 1.05. The van der Waals surface area contributed by atoms with E-state index in [1.807, 2.05) is 30.3 Å². The highest BCUT2D eigenvalue weighted by atomic mass is 35.5. The molecule has 1 saturated heterocycles. The number of halogens is 2. The lowest BCUT2D eigenvalue weighted by Crippen LogP contribution is -2.46. The fourth-order valence-corrected chi connectivity index (χ4v) is 3.30. The van der Waals surface area contributed by atoms with Crippen LogP contribution in [0.3, 0.4) is 0 Å². The van der Waals surface area contributed by atoms with Gasteiger partial charge in [0, 0.05) is 48.0 Å². The molecule has 1 aromatic heterocycles. The molecular weight excluding hydrogens is 359 g/mol. The monoisotopic (exact) mass is 378 g/mol. The first-order valence-electron chi connectivity index (χ1n) is 7.98. The van der Waals surface area contributed by atoms with Gasteiger partial charge in [-0.2, -0.15) is 4.98 Å². The van der Waals surface area contributed by atoms with E-state index in [0.29, 0.717) is 21.7 Å². The molecule has 3 rings (SSSR count). The zero-order valence-corrected chi connectivity index (χ0v) is 15.5. The molecule has 0 radical (unpaired) electrons. The highest BCUT2D eigenvalue weighted by Gasteiger charge is 2.19. The van der Waals surface area contributed by atoms with Crippen LogP contribution >= 0.6 is 23.2 Å². The predicted octanol–water partition coefficient (Wildman–Crippen LogP) is 4.10. The number of benzene rings is 1. The summed E-state index contributed by atoms with van der Waals surface area (Å²) < 4.78 is 5.14. The van der Waals surface area contributed by atoms with E-state index >= 15 is 0 Å². The summed E-state index contributed by atoms with van der Waals surface area (Å²) in [6, 6.07) is 11.2. The second-order valence-electron chi connectivity index (χ2n) is 5.74. The van der Waals surface area contributed by atoms with Gasteiger partial charge in [-0.15, -0.1) is 0 Å². The summed E-state index contributed by atoms with van der Waals surface area (Å²) in [6.07, 6.45) is 0. The zero-order valence-electron chi connectivity index (χ0n) is 14.0. The quantitative estimate of drug-likeness (QED) is 0.847. The van der Waals surface area contributed by atoms with E-state index in [4.69, 9.17) is 27.9 Å². The van der Waals surface area contributed by atoms with Crippen LogP contribution in [0.25, 0.3) is 0 Å². The first-order chi connectivity index (χ1) is 12.0. The second-order valence-corrected chi connectivity index (χ2v) is 6.61. The Morgan fingerprint density at radius 2 is 1.80 bits per heavy atom. The largest absolute Gasteiger partial charge is 0.481 e. The van der Waals surface area contributed by atoms with E-state index in [2.05, 4.69) is 26.7 Å². The molecule has 132 valence electrons. The van der Waals surface area contributed by atoms with Crippen molar-refractivity contribution < 1.29 is 4.74 Å². The minimum absolute atomic E-state index is 0.570. The number of methoxy groups -OCH3 is 1. The van der Waals surface area contributed by atoms with Crippen LogP contribution in [0.15, 0.2) is 48.8 Å². The Labute approximate surface area is 157 Å². The van der Waals surface area contributed by atoms with Crippen LogP contribution in [-0.2, 0) is 0 Å². The lowest BCUT2D eigenvalue weighted by Gasteiger charge is -2.38. The minimum atomic E-state index is 0.570. The standard InChI is InChI=1S/C18H20Cl2N4O/c1-13(21-17-4-3-5-18(22-17)25-2)23-6-8-24(9-7-23)16-11-14(19)10-15(20)12-16/h3-5,10-12H,1,6-9H2,2H3,(H,21,22). The Bertz CT molecular complexity index is 740. The Hall–Kier alpha value is -2.11. The highest BCUT2D eigenvalue weighted by molar-refractivity contribution is 6.35. The summed E-state index contributed by atoms with van der Waals surface area (Å²) in [5, 5.41) is 4.54. The van der Waals surface area contributed by atoms with Gasteiger partial charge in [0.2, 0.25) is 5.88 Å². The lowest BCUT2D eigenvalue weighted by atomic mass is 10.2. The molecule has 0 spiro atoms. The molecule has 0 saturated carbocycles. The molecule has 0 amide bonds. The van der Waals surface area contributed by atoms with Crippen molar-refractivity contribution in [3.05, 3.63) is 58.8 Å². The van der Waals surface area contributed by atoms with Crippen LogP contribution in [0, 0.1) is 0 Å². The van der Waals surface area contributed by atoms with Crippen LogP contribution in [0.1, 0.15) is 0 Å². The van der Waals surface area contributed by atoms with Crippen molar-refractivity contribution in [1.29, 1.82) is 0 Å². The molecular formula is C18H20Cl2N4O. The molecule has 7 heteroatoms. The molecule has 1 aliphatic heterocycles. The normalized spacial score (nSPS) is 14.4. The average Bonchev–Trinajstić information content (AvgIpc) is 2.61. The van der Waals surface area contributed by atoms with Gasteiger partial charge < -0.3 is 19.9 Å². The van der Waals surface area contributed by atoms with Crippen LogP contribution in [0.4, 0.5) is 11.5 Å². The van der Waals surface area contributed by atoms with Crippen molar-refractivity contribution in [3.8, 4) is 5.88 Å². The SMILES string of the molecule is C=C(Nc1cccc(OC)n1)N1CCN(c2cc(Cl)cc(Cl)c2)CC1. The van der Waals surface area contributed by atoms with Crippen LogP contribution in [0.5, 0.6) is 5.88 Å². The number of aromatic nitrogens is 1. The van der Waals surface area contributed by atoms with Crippen LogP contribution in [0.2, 0.25) is 10.0 Å². The first kappa shape index (κ1) is 17.7. The van der Waals surface area contributed by atoms with Gasteiger partial charge in [-0.05, 0) is 24.3 Å². The van der Waals surface area contributed by atoms with E-state index < -0.39 is 0 Å². The number of pyridine rings is 1. The third-order valence-corrected chi connectivity index (χ3v) is 4.52. The molecule has 5 nitrogen and oxygen atoms in total. The summed E-state index contributed by atoms with van der Waals surface area (Å²) in [5.74, 6) is 2.11. The average molecular weight is 379 g/mol. The maximum absolute atomic E-state index is 6.10. The number of ether oxygens (including phenoxy) is 1. The minimum Gasteiger partial charge on any atom is -0.481 e. The molecule has 1 N–H and O–H groups in total. The number of nitrogens with one attached hydrogen (secondary N) is 1. The smallest absolute Gasteiger partial charge is 0.214 e. The van der Waals surface area contributed by atoms with Crippen molar-refractivity contribution in [1.82, 2.24) is 9.88 Å². The number of piperazine rings is 1. The molecule has 0 bridgehead atoms. The Balaban J connectivity index is 1.58. The van der Waals surface area contributed by atoms with Gasteiger partial charge in [-0.25, -0.2) is 0 Å². The maximum atomic E-state index is 6.10. The van der Waals surface area contributed by atoms with Crippen molar-refractivity contribution in [2.45, 2.75) is 0 Å². The van der Waals surface area contributed by atoms with Gasteiger partial charge >= 0.3 is 0 Å². The van der Waals surface area contributed by atoms with Gasteiger partial charge in [0.1, 0.15) is 5.82 Å². The maximum Gasteiger partial charge on any atom is 0.214 e. The molecule has 0 unspecified atom stereocenters. The van der Waals surface area contributed by atoms with Crippen molar-refractivity contribution in [3.63, 3.8) is 0 Å². The molecule has 0 aliphatic carbocycles. The van der Waals surface area contributed by atoms with Gasteiger partial charge in [0.15, 0.2) is 0 Å². The third-order valence-electron chi connectivity index (χ3n) is 4.08.